The molecule has 2 aromatic rings. The van der Waals surface area contributed by atoms with Crippen LogP contribution in [0.4, 0.5) is 0 Å². The number of hydrogen-bond acceptors (Lipinski definition) is 6. The molecular weight excluding hydrogens is 290 g/mol. The average Bonchev–Trinajstić information content (AvgIpc) is 2.93. The van der Waals surface area contributed by atoms with Gasteiger partial charge in [-0.15, -0.1) is 11.3 Å². The molecule has 1 fully saturated rings. The van der Waals surface area contributed by atoms with Crippen molar-refractivity contribution >= 4 is 17.3 Å². The summed E-state index contributed by atoms with van der Waals surface area (Å²) in [7, 11) is 0. The van der Waals surface area contributed by atoms with Crippen LogP contribution in [0.3, 0.4) is 0 Å². The molecule has 7 heteroatoms. The van der Waals surface area contributed by atoms with Crippen LogP contribution in [0.1, 0.15) is 15.4 Å². The number of rotatable bonds is 4. The van der Waals surface area contributed by atoms with Crippen molar-refractivity contribution in [2.24, 2.45) is 0 Å². The molecule has 0 atom stereocenters. The fourth-order valence-electron chi connectivity index (χ4n) is 2.21. The predicted molar refractivity (Wildman–Crippen MR) is 78.4 cm³/mol. The maximum absolute atomic E-state index is 11.4. The Bertz CT molecular complexity index is 624. The zero-order valence-electron chi connectivity index (χ0n) is 11.4. The average molecular weight is 305 g/mol. The first-order chi connectivity index (χ1) is 10.2. The van der Waals surface area contributed by atoms with Gasteiger partial charge in [0.15, 0.2) is 5.69 Å². The van der Waals surface area contributed by atoms with E-state index in [1.165, 1.54) is 11.3 Å². The summed E-state index contributed by atoms with van der Waals surface area (Å²) >= 11 is 1.43. The lowest BCUT2D eigenvalue weighted by Gasteiger charge is -2.25. The second kappa shape index (κ2) is 6.30. The second-order valence-electron chi connectivity index (χ2n) is 4.72. The van der Waals surface area contributed by atoms with Gasteiger partial charge in [0.05, 0.1) is 18.1 Å². The molecule has 0 spiro atoms. The third kappa shape index (κ3) is 3.26. The summed E-state index contributed by atoms with van der Waals surface area (Å²) in [4.78, 5) is 22.6. The van der Waals surface area contributed by atoms with E-state index in [4.69, 9.17) is 4.74 Å². The monoisotopic (exact) mass is 305 g/mol. The van der Waals surface area contributed by atoms with E-state index in [1.807, 2.05) is 12.1 Å². The number of aromatic carboxylic acids is 1. The van der Waals surface area contributed by atoms with Crippen LogP contribution in [0.5, 0.6) is 0 Å². The third-order valence-corrected chi connectivity index (χ3v) is 4.39. The highest BCUT2D eigenvalue weighted by Crippen LogP contribution is 2.29. The first-order valence-corrected chi connectivity index (χ1v) is 7.49. The largest absolute Gasteiger partial charge is 0.476 e. The zero-order valence-corrected chi connectivity index (χ0v) is 12.2. The van der Waals surface area contributed by atoms with Crippen LogP contribution in [0.15, 0.2) is 24.5 Å². The normalized spacial score (nSPS) is 16.0. The lowest BCUT2D eigenvalue weighted by Crippen LogP contribution is -2.35. The van der Waals surface area contributed by atoms with Gasteiger partial charge < -0.3 is 9.84 Å². The summed E-state index contributed by atoms with van der Waals surface area (Å²) in [6.45, 7) is 3.63. The summed E-state index contributed by atoms with van der Waals surface area (Å²) in [5, 5.41) is 10.1. The minimum atomic E-state index is -0.977. The maximum Gasteiger partial charge on any atom is 0.355 e. The lowest BCUT2D eigenvalue weighted by atomic mass is 10.3. The third-order valence-electron chi connectivity index (χ3n) is 3.30. The Morgan fingerprint density at radius 2 is 2.05 bits per heavy atom. The number of carboxylic acid groups (broad SMARTS) is 1. The van der Waals surface area contributed by atoms with Crippen molar-refractivity contribution in [3.63, 3.8) is 0 Å². The van der Waals surface area contributed by atoms with Crippen molar-refractivity contribution in [1.29, 1.82) is 0 Å². The molecule has 3 rings (SSSR count). The van der Waals surface area contributed by atoms with Crippen LogP contribution in [0.2, 0.25) is 0 Å². The molecule has 1 N–H and O–H groups in total. The molecule has 3 heterocycles. The minimum absolute atomic E-state index is 0.151. The molecule has 1 aliphatic heterocycles. The fraction of sp³-hybridized carbons (Fsp3) is 0.357. The Morgan fingerprint density at radius 1 is 1.33 bits per heavy atom. The standard InChI is InChI=1S/C14H15N3O3S/c18-14(19)12-11(9-17-5-7-20-8-6-17)21-13(16-12)10-1-3-15-4-2-10/h1-4H,5-9H2,(H,18,19). The first kappa shape index (κ1) is 14.1. The van der Waals surface area contributed by atoms with Crippen LogP contribution in [0.25, 0.3) is 10.6 Å². The van der Waals surface area contributed by atoms with Crippen molar-refractivity contribution < 1.29 is 14.6 Å². The van der Waals surface area contributed by atoms with Gasteiger partial charge in [0.25, 0.3) is 0 Å². The number of ether oxygens (including phenoxy) is 1. The highest BCUT2D eigenvalue weighted by molar-refractivity contribution is 7.15. The number of pyridine rings is 1. The molecule has 0 aromatic carbocycles. The van der Waals surface area contributed by atoms with Gasteiger partial charge in [0.2, 0.25) is 0 Å². The number of thiazole rings is 1. The van der Waals surface area contributed by atoms with Crippen LogP contribution < -0.4 is 0 Å². The van der Waals surface area contributed by atoms with E-state index < -0.39 is 5.97 Å². The SMILES string of the molecule is O=C(O)c1nc(-c2ccncc2)sc1CN1CCOCC1. The Kier molecular flexibility index (Phi) is 4.23. The van der Waals surface area contributed by atoms with Gasteiger partial charge in [-0.1, -0.05) is 0 Å². The van der Waals surface area contributed by atoms with Gasteiger partial charge in [0, 0.05) is 37.6 Å². The Balaban J connectivity index is 1.88. The van der Waals surface area contributed by atoms with Crippen molar-refractivity contribution in [3.05, 3.63) is 35.1 Å². The Labute approximate surface area is 126 Å². The van der Waals surface area contributed by atoms with E-state index in [0.717, 1.165) is 28.5 Å². The summed E-state index contributed by atoms with van der Waals surface area (Å²) in [5.74, 6) is -0.977. The molecule has 0 amide bonds. The number of aromatic nitrogens is 2. The topological polar surface area (TPSA) is 75.5 Å². The summed E-state index contributed by atoms with van der Waals surface area (Å²) < 4.78 is 5.31. The van der Waals surface area contributed by atoms with Crippen LogP contribution in [-0.2, 0) is 11.3 Å². The molecule has 6 nitrogen and oxygen atoms in total. The van der Waals surface area contributed by atoms with Crippen molar-refractivity contribution in [1.82, 2.24) is 14.9 Å². The minimum Gasteiger partial charge on any atom is -0.476 e. The Morgan fingerprint density at radius 3 is 2.71 bits per heavy atom. The molecular formula is C14H15N3O3S. The highest BCUT2D eigenvalue weighted by Gasteiger charge is 2.21. The second-order valence-corrected chi connectivity index (χ2v) is 5.80. The molecule has 2 aromatic heterocycles. The number of carboxylic acids is 1. The molecule has 1 aliphatic rings. The van der Waals surface area contributed by atoms with E-state index in [-0.39, 0.29) is 5.69 Å². The molecule has 1 saturated heterocycles. The summed E-state index contributed by atoms with van der Waals surface area (Å²) in [6.07, 6.45) is 3.36. The van der Waals surface area contributed by atoms with Crippen molar-refractivity contribution in [2.75, 3.05) is 26.3 Å². The van der Waals surface area contributed by atoms with E-state index in [2.05, 4.69) is 14.9 Å². The molecule has 21 heavy (non-hydrogen) atoms. The summed E-state index contributed by atoms with van der Waals surface area (Å²) in [6, 6.07) is 3.67. The number of hydrogen-bond donors (Lipinski definition) is 1. The fourth-order valence-corrected chi connectivity index (χ4v) is 3.31. The molecule has 0 bridgehead atoms. The van der Waals surface area contributed by atoms with Crippen LogP contribution >= 0.6 is 11.3 Å². The van der Waals surface area contributed by atoms with Gasteiger partial charge >= 0.3 is 5.97 Å². The Hall–Kier alpha value is -1.83. The van der Waals surface area contributed by atoms with Gasteiger partial charge in [-0.05, 0) is 12.1 Å². The molecule has 0 saturated carbocycles. The van der Waals surface area contributed by atoms with Crippen molar-refractivity contribution in [2.45, 2.75) is 6.54 Å². The van der Waals surface area contributed by atoms with Crippen LogP contribution in [0, 0.1) is 0 Å². The molecule has 110 valence electrons. The van der Waals surface area contributed by atoms with E-state index >= 15 is 0 Å². The molecule has 0 aliphatic carbocycles. The van der Waals surface area contributed by atoms with Gasteiger partial charge in [0.1, 0.15) is 5.01 Å². The summed E-state index contributed by atoms with van der Waals surface area (Å²) in [5.41, 5.74) is 1.05. The van der Waals surface area contributed by atoms with Gasteiger partial charge in [-0.3, -0.25) is 9.88 Å². The van der Waals surface area contributed by atoms with Gasteiger partial charge in [-0.2, -0.15) is 0 Å². The number of morpholine rings is 1. The van der Waals surface area contributed by atoms with Crippen molar-refractivity contribution in [3.8, 4) is 10.6 Å². The van der Waals surface area contributed by atoms with E-state index in [9.17, 15) is 9.90 Å². The molecule has 0 radical (unpaired) electrons. The molecule has 0 unspecified atom stereocenters. The van der Waals surface area contributed by atoms with Crippen LogP contribution in [-0.4, -0.2) is 52.2 Å². The smallest absolute Gasteiger partial charge is 0.355 e. The maximum atomic E-state index is 11.4. The highest BCUT2D eigenvalue weighted by atomic mass is 32.1. The first-order valence-electron chi connectivity index (χ1n) is 6.67. The predicted octanol–water partition coefficient (Wildman–Crippen LogP) is 1.74. The van der Waals surface area contributed by atoms with E-state index in [0.29, 0.717) is 19.8 Å². The quantitative estimate of drug-likeness (QED) is 0.927. The number of nitrogens with zero attached hydrogens (tertiary/aromatic N) is 3. The van der Waals surface area contributed by atoms with Gasteiger partial charge in [-0.25, -0.2) is 9.78 Å². The van der Waals surface area contributed by atoms with E-state index in [1.54, 1.807) is 12.4 Å². The zero-order chi connectivity index (χ0) is 14.7. The lowest BCUT2D eigenvalue weighted by molar-refractivity contribution is 0.0343. The number of carbonyl (C=O) groups is 1.